The minimum Gasteiger partial charge on any atom is -0.324 e. The lowest BCUT2D eigenvalue weighted by molar-refractivity contribution is 0.102. The van der Waals surface area contributed by atoms with Crippen molar-refractivity contribution in [3.8, 4) is 5.69 Å². The Kier molecular flexibility index (Phi) is 3.57. The second-order valence-corrected chi connectivity index (χ2v) is 5.85. The summed E-state index contributed by atoms with van der Waals surface area (Å²) in [6.45, 7) is 3.72. The first-order chi connectivity index (χ1) is 12.1. The smallest absolute Gasteiger partial charge is 0.261 e. The van der Waals surface area contributed by atoms with E-state index in [9.17, 15) is 4.79 Å². The molecule has 0 fully saturated rings. The molecular formula is C19H17N5O. The van der Waals surface area contributed by atoms with E-state index in [2.05, 4.69) is 20.4 Å². The van der Waals surface area contributed by atoms with Crippen molar-refractivity contribution in [3.63, 3.8) is 0 Å². The lowest BCUT2D eigenvalue weighted by Crippen LogP contribution is -2.15. The Morgan fingerprint density at radius 2 is 1.76 bits per heavy atom. The van der Waals surface area contributed by atoms with Gasteiger partial charge in [-0.2, -0.15) is 5.10 Å². The van der Waals surface area contributed by atoms with Crippen molar-refractivity contribution in [2.24, 2.45) is 0 Å². The topological polar surface area (TPSA) is 75.6 Å². The predicted octanol–water partition coefficient (Wildman–Crippen LogP) is 3.62. The number of hydrogen-bond donors (Lipinski definition) is 2. The molecule has 0 spiro atoms. The van der Waals surface area contributed by atoms with Gasteiger partial charge in [-0.15, -0.1) is 0 Å². The molecular weight excluding hydrogens is 314 g/mol. The standard InChI is InChI=1S/C19H17N5O/c1-12-17(13(2)24(23-12)14-8-4-3-5-9-14)18(25)22-19-20-15-10-6-7-11-16(15)21-19/h3-11H,1-2H3,(H2,20,21,22,25). The second-order valence-electron chi connectivity index (χ2n) is 5.85. The maximum atomic E-state index is 12.8. The lowest BCUT2D eigenvalue weighted by Gasteiger charge is -2.05. The molecule has 0 saturated heterocycles. The van der Waals surface area contributed by atoms with Crippen molar-refractivity contribution in [2.45, 2.75) is 13.8 Å². The van der Waals surface area contributed by atoms with Gasteiger partial charge in [0.05, 0.1) is 33.7 Å². The number of hydrogen-bond acceptors (Lipinski definition) is 3. The summed E-state index contributed by atoms with van der Waals surface area (Å²) >= 11 is 0. The molecule has 0 aliphatic heterocycles. The number of aromatic nitrogens is 4. The molecule has 2 aromatic heterocycles. The molecule has 0 saturated carbocycles. The molecule has 0 radical (unpaired) electrons. The van der Waals surface area contributed by atoms with Crippen LogP contribution in [0, 0.1) is 13.8 Å². The summed E-state index contributed by atoms with van der Waals surface area (Å²) in [7, 11) is 0. The summed E-state index contributed by atoms with van der Waals surface area (Å²) in [5, 5.41) is 7.35. The van der Waals surface area contributed by atoms with Crippen LogP contribution in [0.15, 0.2) is 54.6 Å². The van der Waals surface area contributed by atoms with Gasteiger partial charge in [-0.05, 0) is 38.1 Å². The van der Waals surface area contributed by atoms with E-state index < -0.39 is 0 Å². The highest BCUT2D eigenvalue weighted by molar-refractivity contribution is 6.05. The number of nitrogens with zero attached hydrogens (tertiary/aromatic N) is 3. The minimum absolute atomic E-state index is 0.226. The molecule has 1 amide bonds. The summed E-state index contributed by atoms with van der Waals surface area (Å²) in [6.07, 6.45) is 0. The number of H-pyrrole nitrogens is 1. The highest BCUT2D eigenvalue weighted by atomic mass is 16.1. The summed E-state index contributed by atoms with van der Waals surface area (Å²) < 4.78 is 1.78. The average Bonchev–Trinajstić information content (AvgIpc) is 3.15. The molecule has 6 nitrogen and oxygen atoms in total. The van der Waals surface area contributed by atoms with E-state index >= 15 is 0 Å². The Balaban J connectivity index is 1.67. The number of fused-ring (bicyclic) bond motifs is 1. The number of benzene rings is 2. The van der Waals surface area contributed by atoms with E-state index in [1.165, 1.54) is 0 Å². The first-order valence-corrected chi connectivity index (χ1v) is 8.01. The Bertz CT molecular complexity index is 1030. The number of aromatic amines is 1. The average molecular weight is 331 g/mol. The van der Waals surface area contributed by atoms with Crippen molar-refractivity contribution in [1.29, 1.82) is 0 Å². The monoisotopic (exact) mass is 331 g/mol. The SMILES string of the molecule is Cc1nn(-c2ccccc2)c(C)c1C(=O)Nc1nc2ccccc2[nH]1. The van der Waals surface area contributed by atoms with E-state index in [4.69, 9.17) is 0 Å². The van der Waals surface area contributed by atoms with Crippen LogP contribution >= 0.6 is 0 Å². The van der Waals surface area contributed by atoms with Gasteiger partial charge in [0.25, 0.3) is 5.91 Å². The van der Waals surface area contributed by atoms with Crippen LogP contribution in [0.1, 0.15) is 21.7 Å². The summed E-state index contributed by atoms with van der Waals surface area (Å²) in [6, 6.07) is 17.4. The predicted molar refractivity (Wildman–Crippen MR) is 97.1 cm³/mol. The molecule has 2 N–H and O–H groups in total. The van der Waals surface area contributed by atoms with Crippen LogP contribution in [0.4, 0.5) is 5.95 Å². The van der Waals surface area contributed by atoms with E-state index in [-0.39, 0.29) is 5.91 Å². The molecule has 25 heavy (non-hydrogen) atoms. The van der Waals surface area contributed by atoms with Gasteiger partial charge >= 0.3 is 0 Å². The summed E-state index contributed by atoms with van der Waals surface area (Å²) in [4.78, 5) is 20.2. The maximum Gasteiger partial charge on any atom is 0.261 e. The first kappa shape index (κ1) is 15.1. The normalized spacial score (nSPS) is 11.0. The summed E-state index contributed by atoms with van der Waals surface area (Å²) in [5.74, 6) is 0.202. The highest BCUT2D eigenvalue weighted by Gasteiger charge is 2.20. The number of nitrogens with one attached hydrogen (secondary N) is 2. The van der Waals surface area contributed by atoms with E-state index in [1.54, 1.807) is 4.68 Å². The molecule has 4 aromatic rings. The number of para-hydroxylation sites is 3. The Labute approximate surface area is 144 Å². The minimum atomic E-state index is -0.226. The fourth-order valence-corrected chi connectivity index (χ4v) is 2.97. The van der Waals surface area contributed by atoms with Gasteiger partial charge in [0, 0.05) is 0 Å². The van der Waals surface area contributed by atoms with Crippen molar-refractivity contribution >= 4 is 22.9 Å². The molecule has 6 heteroatoms. The molecule has 0 bridgehead atoms. The zero-order valence-corrected chi connectivity index (χ0v) is 13.9. The molecule has 0 unspecified atom stereocenters. The van der Waals surface area contributed by atoms with Crippen molar-refractivity contribution in [2.75, 3.05) is 5.32 Å². The van der Waals surface area contributed by atoms with Gasteiger partial charge in [0.1, 0.15) is 0 Å². The third-order valence-electron chi connectivity index (χ3n) is 4.14. The van der Waals surface area contributed by atoms with Crippen molar-refractivity contribution in [1.82, 2.24) is 19.7 Å². The van der Waals surface area contributed by atoms with Gasteiger partial charge < -0.3 is 4.98 Å². The molecule has 124 valence electrons. The zero-order valence-electron chi connectivity index (χ0n) is 13.9. The molecule has 2 heterocycles. The van der Waals surface area contributed by atoms with Gasteiger partial charge in [0.15, 0.2) is 0 Å². The fraction of sp³-hybridized carbons (Fsp3) is 0.105. The third kappa shape index (κ3) is 2.67. The van der Waals surface area contributed by atoms with Crippen LogP contribution in [-0.2, 0) is 0 Å². The first-order valence-electron chi connectivity index (χ1n) is 8.01. The van der Waals surface area contributed by atoms with Crippen LogP contribution in [-0.4, -0.2) is 25.7 Å². The van der Waals surface area contributed by atoms with Crippen LogP contribution in [0.3, 0.4) is 0 Å². The number of carbonyl (C=O) groups is 1. The molecule has 2 aromatic carbocycles. The van der Waals surface area contributed by atoms with Crippen LogP contribution in [0.5, 0.6) is 0 Å². The largest absolute Gasteiger partial charge is 0.324 e. The Morgan fingerprint density at radius 1 is 1.04 bits per heavy atom. The number of aryl methyl sites for hydroxylation is 1. The molecule has 4 rings (SSSR count). The number of anilines is 1. The Hall–Kier alpha value is -3.41. The number of carbonyl (C=O) groups excluding carboxylic acids is 1. The van der Waals surface area contributed by atoms with Crippen molar-refractivity contribution < 1.29 is 4.79 Å². The van der Waals surface area contributed by atoms with Gasteiger partial charge in [-0.1, -0.05) is 30.3 Å². The molecule has 0 aliphatic carbocycles. The van der Waals surface area contributed by atoms with Gasteiger partial charge in [0.2, 0.25) is 5.95 Å². The number of amides is 1. The van der Waals surface area contributed by atoms with Gasteiger partial charge in [-0.3, -0.25) is 10.1 Å². The summed E-state index contributed by atoms with van der Waals surface area (Å²) in [5.41, 5.74) is 4.64. The van der Waals surface area contributed by atoms with E-state index in [1.807, 2.05) is 68.4 Å². The van der Waals surface area contributed by atoms with Crippen LogP contribution in [0.2, 0.25) is 0 Å². The number of imidazole rings is 1. The van der Waals surface area contributed by atoms with E-state index in [0.717, 1.165) is 22.4 Å². The highest BCUT2D eigenvalue weighted by Crippen LogP contribution is 2.20. The molecule has 0 atom stereocenters. The van der Waals surface area contributed by atoms with Crippen LogP contribution in [0.25, 0.3) is 16.7 Å². The maximum absolute atomic E-state index is 12.8. The van der Waals surface area contributed by atoms with Crippen molar-refractivity contribution in [3.05, 3.63) is 71.5 Å². The Morgan fingerprint density at radius 3 is 2.52 bits per heavy atom. The lowest BCUT2D eigenvalue weighted by atomic mass is 10.2. The number of rotatable bonds is 3. The second kappa shape index (κ2) is 5.90. The van der Waals surface area contributed by atoms with Crippen LogP contribution < -0.4 is 5.32 Å². The molecule has 0 aliphatic rings. The third-order valence-corrected chi connectivity index (χ3v) is 4.14. The van der Waals surface area contributed by atoms with Gasteiger partial charge in [-0.25, -0.2) is 9.67 Å². The quantitative estimate of drug-likeness (QED) is 0.602. The van der Waals surface area contributed by atoms with E-state index in [0.29, 0.717) is 17.2 Å². The fourth-order valence-electron chi connectivity index (χ4n) is 2.97. The zero-order chi connectivity index (χ0) is 17.4.